The Balaban J connectivity index is 1.24. The number of rotatable bonds is 3. The Kier molecular flexibility index (Phi) is 4.87. The molecule has 1 N–H and O–H groups in total. The fourth-order valence-corrected chi connectivity index (χ4v) is 7.89. The predicted octanol–water partition coefficient (Wildman–Crippen LogP) is 10.8. The van der Waals surface area contributed by atoms with E-state index in [2.05, 4.69) is 112 Å². The summed E-state index contributed by atoms with van der Waals surface area (Å²) >= 11 is 1.85. The average molecular weight is 586 g/mol. The molecule has 6 heteroatoms. The lowest BCUT2D eigenvalue weighted by atomic mass is 10.0. The molecule has 10 rings (SSSR count). The number of hydrogen-bond donors (Lipinski definition) is 1. The van der Waals surface area contributed by atoms with Crippen LogP contribution in [0.4, 0.5) is 17.1 Å². The predicted molar refractivity (Wildman–Crippen MR) is 182 cm³/mol. The minimum absolute atomic E-state index is 0.687. The first kappa shape index (κ1) is 23.9. The molecule has 0 unspecified atom stereocenters. The van der Waals surface area contributed by atoms with Gasteiger partial charge in [-0.3, -0.25) is 4.98 Å². The highest BCUT2D eigenvalue weighted by molar-refractivity contribution is 7.26. The van der Waals surface area contributed by atoms with Gasteiger partial charge in [-0.2, -0.15) is 0 Å². The largest absolute Gasteiger partial charge is 0.459 e. The number of benzene rings is 5. The van der Waals surface area contributed by atoms with E-state index in [0.717, 1.165) is 61.3 Å². The summed E-state index contributed by atoms with van der Waals surface area (Å²) in [6.07, 6.45) is 7.69. The van der Waals surface area contributed by atoms with Gasteiger partial charge in [-0.15, -0.1) is 11.3 Å². The summed E-state index contributed by atoms with van der Waals surface area (Å²) < 4.78 is 15.1. The maximum atomic E-state index is 6.29. The molecule has 0 spiro atoms. The van der Waals surface area contributed by atoms with Crippen molar-refractivity contribution >= 4 is 98.3 Å². The molecule has 5 aromatic carbocycles. The van der Waals surface area contributed by atoms with Crippen molar-refractivity contribution in [1.82, 2.24) is 10.3 Å². The summed E-state index contributed by atoms with van der Waals surface area (Å²) in [7, 11) is 0. The normalized spacial score (nSPS) is 13.0. The first-order chi connectivity index (χ1) is 21.8. The van der Waals surface area contributed by atoms with Crippen molar-refractivity contribution in [2.75, 3.05) is 4.90 Å². The minimum Gasteiger partial charge on any atom is -0.459 e. The van der Waals surface area contributed by atoms with Gasteiger partial charge in [-0.1, -0.05) is 30.3 Å². The lowest BCUT2D eigenvalue weighted by Crippen LogP contribution is -2.10. The monoisotopic (exact) mass is 585 g/mol. The van der Waals surface area contributed by atoms with Crippen molar-refractivity contribution in [2.24, 2.45) is 0 Å². The molecule has 0 atom stereocenters. The number of nitrogens with one attached hydrogen (secondary N) is 1. The van der Waals surface area contributed by atoms with E-state index in [1.165, 1.54) is 30.9 Å². The van der Waals surface area contributed by atoms with E-state index in [-0.39, 0.29) is 0 Å². The van der Waals surface area contributed by atoms with Crippen LogP contribution in [0.1, 0.15) is 11.3 Å². The van der Waals surface area contributed by atoms with E-state index < -0.39 is 0 Å². The first-order valence-corrected chi connectivity index (χ1v) is 15.5. The Hall–Kier alpha value is -5.59. The van der Waals surface area contributed by atoms with Crippen LogP contribution < -0.4 is 10.2 Å². The van der Waals surface area contributed by atoms with Gasteiger partial charge in [0.1, 0.15) is 16.9 Å². The molecule has 0 saturated heterocycles. The van der Waals surface area contributed by atoms with Crippen LogP contribution in [0.5, 0.6) is 0 Å². The Bertz CT molecular complexity index is 2640. The van der Waals surface area contributed by atoms with Crippen molar-refractivity contribution in [1.29, 1.82) is 0 Å². The molecule has 9 aromatic rings. The summed E-state index contributed by atoms with van der Waals surface area (Å²) in [5, 5.41) is 11.6. The van der Waals surface area contributed by atoms with Gasteiger partial charge in [0.05, 0.1) is 12.7 Å². The van der Waals surface area contributed by atoms with Crippen molar-refractivity contribution in [2.45, 2.75) is 6.54 Å². The second-order valence-electron chi connectivity index (χ2n) is 11.3. The Morgan fingerprint density at radius 1 is 0.659 bits per heavy atom. The van der Waals surface area contributed by atoms with Gasteiger partial charge in [0.15, 0.2) is 5.58 Å². The van der Waals surface area contributed by atoms with Crippen LogP contribution in [0.25, 0.3) is 69.9 Å². The number of nitrogens with zero attached hydrogens (tertiary/aromatic N) is 2. The molecular formula is C38H23N3O2S. The number of fused-ring (bicyclic) bond motifs is 11. The zero-order chi connectivity index (χ0) is 28.8. The quantitative estimate of drug-likeness (QED) is 0.224. The van der Waals surface area contributed by atoms with Crippen molar-refractivity contribution in [3.05, 3.63) is 127 Å². The summed E-state index contributed by atoms with van der Waals surface area (Å²) in [6, 6.07) is 34.9. The third kappa shape index (κ3) is 3.43. The zero-order valence-corrected chi connectivity index (χ0v) is 24.2. The molecule has 1 aliphatic rings. The van der Waals surface area contributed by atoms with Crippen LogP contribution in [-0.2, 0) is 6.54 Å². The van der Waals surface area contributed by atoms with Crippen LogP contribution in [0.15, 0.2) is 124 Å². The van der Waals surface area contributed by atoms with Gasteiger partial charge in [-0.25, -0.2) is 0 Å². The van der Waals surface area contributed by atoms with E-state index in [0.29, 0.717) is 6.54 Å². The van der Waals surface area contributed by atoms with Gasteiger partial charge in [0.25, 0.3) is 0 Å². The molecule has 208 valence electrons. The third-order valence-electron chi connectivity index (χ3n) is 8.79. The standard InChI is InChI=1S/C38H23N3O2S/c1-2-4-26-22(3-1)5-11-37-38(26)31-18-24(8-12-36(31)44-37)41(23-7-10-32-30(17-23)29-14-16-40-21-35(29)42-32)25-6-9-27-28-13-15-39-20-34(28)43-33(27)19-25/h1-20,40H,21H2. The average Bonchev–Trinajstić information content (AvgIpc) is 3.75. The fraction of sp³-hybridized carbons (Fsp3) is 0.0263. The molecule has 0 bridgehead atoms. The zero-order valence-electron chi connectivity index (χ0n) is 23.4. The summed E-state index contributed by atoms with van der Waals surface area (Å²) in [6.45, 7) is 0.687. The molecule has 1 aliphatic heterocycles. The SMILES string of the molecule is C1=Cc2c(oc3ccc(N(c4ccc5c(c4)oc4cnccc45)c4ccc5sc6ccc7ccccc7c6c5c4)cc23)CN1. The van der Waals surface area contributed by atoms with E-state index in [9.17, 15) is 0 Å². The summed E-state index contributed by atoms with van der Waals surface area (Å²) in [5.74, 6) is 0.960. The minimum atomic E-state index is 0.687. The Morgan fingerprint density at radius 3 is 2.45 bits per heavy atom. The first-order valence-electron chi connectivity index (χ1n) is 14.6. The number of furan rings is 2. The van der Waals surface area contributed by atoms with Gasteiger partial charge in [-0.05, 0) is 83.7 Å². The van der Waals surface area contributed by atoms with Crippen molar-refractivity contribution < 1.29 is 8.83 Å². The topological polar surface area (TPSA) is 54.4 Å². The molecule has 4 aromatic heterocycles. The molecular weight excluding hydrogens is 563 g/mol. The van der Waals surface area contributed by atoms with Crippen LogP contribution in [0.2, 0.25) is 0 Å². The Morgan fingerprint density at radius 2 is 1.48 bits per heavy atom. The van der Waals surface area contributed by atoms with Crippen LogP contribution in [-0.4, -0.2) is 4.98 Å². The van der Waals surface area contributed by atoms with Gasteiger partial charge >= 0.3 is 0 Å². The number of thiophene rings is 1. The molecule has 0 aliphatic carbocycles. The summed E-state index contributed by atoms with van der Waals surface area (Å²) in [4.78, 5) is 6.59. The van der Waals surface area contributed by atoms with Gasteiger partial charge < -0.3 is 19.1 Å². The highest BCUT2D eigenvalue weighted by atomic mass is 32.1. The maximum Gasteiger partial charge on any atom is 0.153 e. The van der Waals surface area contributed by atoms with E-state index in [1.807, 2.05) is 29.8 Å². The van der Waals surface area contributed by atoms with Crippen LogP contribution >= 0.6 is 11.3 Å². The molecule has 0 radical (unpaired) electrons. The second-order valence-corrected chi connectivity index (χ2v) is 12.3. The number of aromatic nitrogens is 1. The van der Waals surface area contributed by atoms with Crippen molar-refractivity contribution in [3.63, 3.8) is 0 Å². The lowest BCUT2D eigenvalue weighted by Gasteiger charge is -2.25. The van der Waals surface area contributed by atoms with E-state index >= 15 is 0 Å². The van der Waals surface area contributed by atoms with Gasteiger partial charge in [0, 0.05) is 71.2 Å². The number of pyridine rings is 1. The molecule has 44 heavy (non-hydrogen) atoms. The molecule has 5 nitrogen and oxygen atoms in total. The fourth-order valence-electron chi connectivity index (χ4n) is 6.78. The van der Waals surface area contributed by atoms with Crippen LogP contribution in [0.3, 0.4) is 0 Å². The molecule has 0 fully saturated rings. The highest BCUT2D eigenvalue weighted by Crippen LogP contribution is 2.44. The third-order valence-corrected chi connectivity index (χ3v) is 9.93. The second kappa shape index (κ2) is 8.96. The van der Waals surface area contributed by atoms with Crippen molar-refractivity contribution in [3.8, 4) is 0 Å². The summed E-state index contributed by atoms with van der Waals surface area (Å²) in [5.41, 5.74) is 6.78. The Labute approximate surface area is 255 Å². The van der Waals surface area contributed by atoms with Gasteiger partial charge in [0.2, 0.25) is 0 Å². The smallest absolute Gasteiger partial charge is 0.153 e. The molecule has 0 saturated carbocycles. The molecule has 5 heterocycles. The van der Waals surface area contributed by atoms with E-state index in [1.54, 1.807) is 6.20 Å². The lowest BCUT2D eigenvalue weighted by molar-refractivity contribution is 0.532. The molecule has 0 amide bonds. The van der Waals surface area contributed by atoms with E-state index in [4.69, 9.17) is 8.83 Å². The number of hydrogen-bond acceptors (Lipinski definition) is 6. The highest BCUT2D eigenvalue weighted by Gasteiger charge is 2.20. The number of anilines is 3. The maximum absolute atomic E-state index is 6.29. The van der Waals surface area contributed by atoms with Crippen LogP contribution in [0, 0.1) is 0 Å².